The van der Waals surface area contributed by atoms with E-state index >= 15 is 0 Å². The Kier molecular flexibility index (Phi) is 3.73. The minimum Gasteiger partial charge on any atom is -0.364 e. The molecule has 2 aliphatic heterocycles. The summed E-state index contributed by atoms with van der Waals surface area (Å²) in [5, 5.41) is 2.61. The van der Waals surface area contributed by atoms with E-state index < -0.39 is 17.3 Å². The third-order valence-corrected chi connectivity index (χ3v) is 4.55. The summed E-state index contributed by atoms with van der Waals surface area (Å²) in [6, 6.07) is 4.10. The Labute approximate surface area is 149 Å². The molecule has 0 spiro atoms. The van der Waals surface area contributed by atoms with Crippen molar-refractivity contribution in [3.8, 4) is 0 Å². The fourth-order valence-corrected chi connectivity index (χ4v) is 3.25. The SMILES string of the molecule is CC1(C)OCc2cnc(NC(=O)CN3C(=O)Cc4cc(F)ccc43)nc21. The van der Waals surface area contributed by atoms with Crippen molar-refractivity contribution in [1.82, 2.24) is 9.97 Å². The number of carbonyl (C=O) groups excluding carboxylic acids is 2. The van der Waals surface area contributed by atoms with Gasteiger partial charge in [0.05, 0.1) is 18.7 Å². The fourth-order valence-electron chi connectivity index (χ4n) is 3.25. The number of carbonyl (C=O) groups is 2. The van der Waals surface area contributed by atoms with Crippen LogP contribution in [0.1, 0.15) is 30.7 Å². The summed E-state index contributed by atoms with van der Waals surface area (Å²) in [5.74, 6) is -0.908. The normalized spacial score (nSPS) is 17.2. The van der Waals surface area contributed by atoms with Gasteiger partial charge in [-0.3, -0.25) is 14.9 Å². The lowest BCUT2D eigenvalue weighted by atomic mass is 10.0. The molecule has 0 radical (unpaired) electrons. The molecule has 0 unspecified atom stereocenters. The van der Waals surface area contributed by atoms with Crippen LogP contribution in [0.3, 0.4) is 0 Å². The molecule has 0 atom stereocenters. The van der Waals surface area contributed by atoms with Crippen molar-refractivity contribution >= 4 is 23.5 Å². The van der Waals surface area contributed by atoms with Gasteiger partial charge in [0.25, 0.3) is 0 Å². The van der Waals surface area contributed by atoms with Gasteiger partial charge >= 0.3 is 0 Å². The molecule has 4 rings (SSSR count). The molecule has 8 heteroatoms. The lowest BCUT2D eigenvalue weighted by Gasteiger charge is -2.18. The number of ether oxygens (including phenoxy) is 1. The van der Waals surface area contributed by atoms with Crippen LogP contribution >= 0.6 is 0 Å². The van der Waals surface area contributed by atoms with Gasteiger partial charge in [-0.25, -0.2) is 14.4 Å². The van der Waals surface area contributed by atoms with Gasteiger partial charge in [0.2, 0.25) is 17.8 Å². The third-order valence-electron chi connectivity index (χ3n) is 4.55. The Bertz CT molecular complexity index is 929. The molecule has 1 aromatic heterocycles. The summed E-state index contributed by atoms with van der Waals surface area (Å²) >= 11 is 0. The van der Waals surface area contributed by atoms with Crippen molar-refractivity contribution in [2.75, 3.05) is 16.8 Å². The number of anilines is 2. The van der Waals surface area contributed by atoms with E-state index in [1.807, 2.05) is 13.8 Å². The van der Waals surface area contributed by atoms with E-state index in [1.54, 1.807) is 6.20 Å². The zero-order valence-electron chi connectivity index (χ0n) is 14.4. The first-order chi connectivity index (χ1) is 12.3. The number of aromatic nitrogens is 2. The highest BCUT2D eigenvalue weighted by atomic mass is 19.1. The molecule has 1 N–H and O–H groups in total. The maximum absolute atomic E-state index is 13.3. The molecule has 2 aliphatic rings. The first kappa shape index (κ1) is 16.6. The molecular formula is C18H17FN4O3. The molecule has 0 saturated carbocycles. The van der Waals surface area contributed by atoms with Crippen molar-refractivity contribution in [3.63, 3.8) is 0 Å². The van der Waals surface area contributed by atoms with E-state index in [9.17, 15) is 14.0 Å². The number of amides is 2. The Morgan fingerprint density at radius 3 is 3.00 bits per heavy atom. The number of benzene rings is 1. The van der Waals surface area contributed by atoms with Crippen molar-refractivity contribution in [2.45, 2.75) is 32.5 Å². The van der Waals surface area contributed by atoms with Gasteiger partial charge < -0.3 is 9.64 Å². The summed E-state index contributed by atoms with van der Waals surface area (Å²) < 4.78 is 18.9. The molecule has 2 amide bonds. The number of hydrogen-bond acceptors (Lipinski definition) is 5. The molecule has 0 fully saturated rings. The van der Waals surface area contributed by atoms with Crippen LogP contribution in [0, 0.1) is 5.82 Å². The largest absolute Gasteiger partial charge is 0.364 e. The van der Waals surface area contributed by atoms with E-state index in [2.05, 4.69) is 15.3 Å². The molecule has 1 aromatic carbocycles. The van der Waals surface area contributed by atoms with Gasteiger partial charge in [-0.1, -0.05) is 0 Å². The van der Waals surface area contributed by atoms with Crippen molar-refractivity contribution in [2.24, 2.45) is 0 Å². The van der Waals surface area contributed by atoms with Crippen LogP contribution in [0.2, 0.25) is 0 Å². The Morgan fingerprint density at radius 2 is 2.19 bits per heavy atom. The third kappa shape index (κ3) is 2.82. The highest BCUT2D eigenvalue weighted by Gasteiger charge is 2.34. The summed E-state index contributed by atoms with van der Waals surface area (Å²) in [6.07, 6.45) is 1.72. The van der Waals surface area contributed by atoms with Crippen molar-refractivity contribution in [1.29, 1.82) is 0 Å². The molecular weight excluding hydrogens is 339 g/mol. The van der Waals surface area contributed by atoms with Crippen LogP contribution in [0.15, 0.2) is 24.4 Å². The number of nitrogens with zero attached hydrogens (tertiary/aromatic N) is 3. The van der Waals surface area contributed by atoms with Crippen LogP contribution in [-0.4, -0.2) is 28.3 Å². The average Bonchev–Trinajstić information content (AvgIpc) is 3.04. The minimum atomic E-state index is -0.536. The number of halogens is 1. The highest BCUT2D eigenvalue weighted by Crippen LogP contribution is 2.34. The van der Waals surface area contributed by atoms with Crippen LogP contribution in [0.4, 0.5) is 16.0 Å². The van der Waals surface area contributed by atoms with Gasteiger partial charge in [0.15, 0.2) is 0 Å². The van der Waals surface area contributed by atoms with Crippen molar-refractivity contribution < 1.29 is 18.7 Å². The summed E-state index contributed by atoms with van der Waals surface area (Å²) in [5.41, 5.74) is 2.22. The summed E-state index contributed by atoms with van der Waals surface area (Å²) in [4.78, 5) is 34.3. The molecule has 134 valence electrons. The second-order valence-electron chi connectivity index (χ2n) is 6.84. The lowest BCUT2D eigenvalue weighted by molar-refractivity contribution is -0.120. The molecule has 7 nitrogen and oxygen atoms in total. The molecule has 0 aliphatic carbocycles. The smallest absolute Gasteiger partial charge is 0.246 e. The lowest BCUT2D eigenvalue weighted by Crippen LogP contribution is -2.35. The number of hydrogen-bond donors (Lipinski definition) is 1. The van der Waals surface area contributed by atoms with Crippen LogP contribution in [-0.2, 0) is 33.0 Å². The van der Waals surface area contributed by atoms with E-state index in [0.717, 1.165) is 11.3 Å². The number of fused-ring (bicyclic) bond motifs is 2. The van der Waals surface area contributed by atoms with E-state index in [0.29, 0.717) is 17.9 Å². The van der Waals surface area contributed by atoms with E-state index in [4.69, 9.17) is 4.74 Å². The zero-order chi connectivity index (χ0) is 18.5. The van der Waals surface area contributed by atoms with Crippen molar-refractivity contribution in [3.05, 3.63) is 47.0 Å². The predicted octanol–water partition coefficient (Wildman–Crippen LogP) is 1.91. The topological polar surface area (TPSA) is 84.4 Å². The van der Waals surface area contributed by atoms with Gasteiger partial charge in [0, 0.05) is 17.4 Å². The van der Waals surface area contributed by atoms with Gasteiger partial charge in [-0.05, 0) is 37.6 Å². The van der Waals surface area contributed by atoms with Gasteiger partial charge in [-0.15, -0.1) is 0 Å². The monoisotopic (exact) mass is 356 g/mol. The fraction of sp³-hybridized carbons (Fsp3) is 0.333. The minimum absolute atomic E-state index is 0.0846. The maximum atomic E-state index is 13.3. The first-order valence-electron chi connectivity index (χ1n) is 8.22. The maximum Gasteiger partial charge on any atom is 0.246 e. The second kappa shape index (κ2) is 5.84. The molecule has 2 aromatic rings. The number of rotatable bonds is 3. The summed E-state index contributed by atoms with van der Waals surface area (Å²) in [7, 11) is 0. The van der Waals surface area contributed by atoms with E-state index in [1.165, 1.54) is 23.1 Å². The van der Waals surface area contributed by atoms with Gasteiger partial charge in [-0.2, -0.15) is 0 Å². The number of nitrogens with one attached hydrogen (secondary N) is 1. The van der Waals surface area contributed by atoms with E-state index in [-0.39, 0.29) is 24.8 Å². The summed E-state index contributed by atoms with van der Waals surface area (Å²) in [6.45, 7) is 4.05. The van der Waals surface area contributed by atoms with Crippen LogP contribution in [0.5, 0.6) is 0 Å². The molecule has 3 heterocycles. The average molecular weight is 356 g/mol. The molecule has 26 heavy (non-hydrogen) atoms. The standard InChI is InChI=1S/C18H17FN4O3/c1-18(2)16-11(9-26-18)7-20-17(22-16)21-14(24)8-23-13-4-3-12(19)5-10(13)6-15(23)25/h3-5,7H,6,8-9H2,1-2H3,(H,20,21,22,24). The quantitative estimate of drug-likeness (QED) is 0.908. The molecule has 0 saturated heterocycles. The molecule has 0 bridgehead atoms. The zero-order valence-corrected chi connectivity index (χ0v) is 14.4. The highest BCUT2D eigenvalue weighted by molar-refractivity contribution is 6.06. The first-order valence-corrected chi connectivity index (χ1v) is 8.22. The van der Waals surface area contributed by atoms with Crippen LogP contribution < -0.4 is 10.2 Å². The second-order valence-corrected chi connectivity index (χ2v) is 6.84. The Morgan fingerprint density at radius 1 is 1.38 bits per heavy atom. The Hall–Kier alpha value is -2.87. The predicted molar refractivity (Wildman–Crippen MR) is 90.9 cm³/mol. The van der Waals surface area contributed by atoms with Crippen LogP contribution in [0.25, 0.3) is 0 Å². The Balaban J connectivity index is 1.50. The van der Waals surface area contributed by atoms with Gasteiger partial charge in [0.1, 0.15) is 18.0 Å².